The lowest BCUT2D eigenvalue weighted by atomic mass is 9.82. The van der Waals surface area contributed by atoms with Gasteiger partial charge in [0.2, 0.25) is 0 Å². The lowest BCUT2D eigenvalue weighted by Crippen LogP contribution is -2.67. The number of hydrogen-bond acceptors (Lipinski definition) is 6. The molecule has 2 N–H and O–H groups in total. The standard InChI is InChI=1S/C19H26N4O3/c24-18(21-25)14-7-13-3-5-22(10-17(13)20-9-14)16-4-6-26-19(8-16)11-23(12-19)15-1-2-15/h7,9,15-16,25H,1-6,8,10-12H2,(H,21,24)/t16-/m0/s1. The number of pyridine rings is 1. The molecule has 2 saturated heterocycles. The SMILES string of the molecule is O=C(NO)c1cnc2c(c1)CCN([C@H]1CCOC3(C1)CN(C1CC1)C3)C2. The van der Waals surface area contributed by atoms with Crippen LogP contribution in [0, 0.1) is 0 Å². The van der Waals surface area contributed by atoms with Gasteiger partial charge in [0.25, 0.3) is 5.91 Å². The molecule has 1 spiro atoms. The van der Waals surface area contributed by atoms with E-state index < -0.39 is 5.91 Å². The molecule has 4 aliphatic rings. The Kier molecular flexibility index (Phi) is 4.01. The summed E-state index contributed by atoms with van der Waals surface area (Å²) in [7, 11) is 0. The van der Waals surface area contributed by atoms with Gasteiger partial charge in [0.05, 0.1) is 16.9 Å². The lowest BCUT2D eigenvalue weighted by Gasteiger charge is -2.55. The van der Waals surface area contributed by atoms with Crippen molar-refractivity contribution in [3.63, 3.8) is 0 Å². The van der Waals surface area contributed by atoms with Crippen LogP contribution in [-0.4, -0.2) is 69.8 Å². The van der Waals surface area contributed by atoms with Gasteiger partial charge in [0.15, 0.2) is 0 Å². The first kappa shape index (κ1) is 16.6. The van der Waals surface area contributed by atoms with Crippen molar-refractivity contribution in [1.29, 1.82) is 0 Å². The first-order chi connectivity index (χ1) is 12.7. The number of carbonyl (C=O) groups is 1. The van der Waals surface area contributed by atoms with Crippen LogP contribution in [0.1, 0.15) is 47.3 Å². The second-order valence-corrected chi connectivity index (χ2v) is 8.31. The number of hydroxylamine groups is 1. The van der Waals surface area contributed by atoms with Gasteiger partial charge in [-0.2, -0.15) is 0 Å². The number of hydrogen-bond donors (Lipinski definition) is 2. The maximum atomic E-state index is 11.6. The summed E-state index contributed by atoms with van der Waals surface area (Å²) in [6.45, 7) is 4.90. The van der Waals surface area contributed by atoms with E-state index in [-0.39, 0.29) is 5.60 Å². The Morgan fingerprint density at radius 1 is 1.27 bits per heavy atom. The predicted octanol–water partition coefficient (Wildman–Crippen LogP) is 0.954. The van der Waals surface area contributed by atoms with Crippen molar-refractivity contribution in [3.05, 3.63) is 29.1 Å². The summed E-state index contributed by atoms with van der Waals surface area (Å²) < 4.78 is 6.20. The highest BCUT2D eigenvalue weighted by Crippen LogP contribution is 2.42. The monoisotopic (exact) mass is 358 g/mol. The molecular weight excluding hydrogens is 332 g/mol. The van der Waals surface area contributed by atoms with Gasteiger partial charge in [-0.05, 0) is 43.7 Å². The van der Waals surface area contributed by atoms with E-state index in [4.69, 9.17) is 9.94 Å². The third-order valence-electron chi connectivity index (χ3n) is 6.47. The fourth-order valence-electron chi connectivity index (χ4n) is 4.86. The van der Waals surface area contributed by atoms with Crippen LogP contribution in [0.15, 0.2) is 12.3 Å². The van der Waals surface area contributed by atoms with Gasteiger partial charge in [-0.1, -0.05) is 0 Å². The zero-order chi connectivity index (χ0) is 17.7. The molecule has 7 heteroatoms. The molecule has 5 rings (SSSR count). The number of fused-ring (bicyclic) bond motifs is 1. The molecule has 0 bridgehead atoms. The summed E-state index contributed by atoms with van der Waals surface area (Å²) in [4.78, 5) is 21.2. The summed E-state index contributed by atoms with van der Waals surface area (Å²) in [6.07, 6.45) is 7.39. The van der Waals surface area contributed by atoms with Crippen molar-refractivity contribution in [3.8, 4) is 0 Å². The Morgan fingerprint density at radius 3 is 2.88 bits per heavy atom. The maximum Gasteiger partial charge on any atom is 0.276 e. The molecule has 3 fully saturated rings. The van der Waals surface area contributed by atoms with E-state index in [1.165, 1.54) is 12.8 Å². The minimum absolute atomic E-state index is 0.0856. The van der Waals surface area contributed by atoms with Crippen molar-refractivity contribution < 1.29 is 14.7 Å². The van der Waals surface area contributed by atoms with Gasteiger partial charge in [-0.15, -0.1) is 0 Å². The number of aromatic nitrogens is 1. The van der Waals surface area contributed by atoms with Crippen LogP contribution in [0.5, 0.6) is 0 Å². The zero-order valence-corrected chi connectivity index (χ0v) is 15.0. The zero-order valence-electron chi connectivity index (χ0n) is 15.0. The van der Waals surface area contributed by atoms with Crippen molar-refractivity contribution in [1.82, 2.24) is 20.3 Å². The number of carbonyl (C=O) groups excluding carboxylic acids is 1. The number of nitrogens with one attached hydrogen (secondary N) is 1. The second kappa shape index (κ2) is 6.27. The summed E-state index contributed by atoms with van der Waals surface area (Å²) in [5.41, 5.74) is 4.35. The Hall–Kier alpha value is -1.54. The van der Waals surface area contributed by atoms with Gasteiger partial charge in [0, 0.05) is 51.1 Å². The van der Waals surface area contributed by atoms with E-state index in [9.17, 15) is 4.79 Å². The quantitative estimate of drug-likeness (QED) is 0.619. The lowest BCUT2D eigenvalue weighted by molar-refractivity contribution is -0.185. The number of nitrogens with zero attached hydrogens (tertiary/aromatic N) is 3. The summed E-state index contributed by atoms with van der Waals surface area (Å²) in [5.74, 6) is -0.501. The van der Waals surface area contributed by atoms with E-state index in [0.29, 0.717) is 11.6 Å². The van der Waals surface area contributed by atoms with E-state index in [1.807, 2.05) is 6.07 Å². The van der Waals surface area contributed by atoms with Crippen LogP contribution < -0.4 is 5.48 Å². The predicted molar refractivity (Wildman–Crippen MR) is 93.9 cm³/mol. The normalized spacial score (nSPS) is 28.4. The highest BCUT2D eigenvalue weighted by Gasteiger charge is 2.52. The molecule has 0 radical (unpaired) electrons. The molecule has 1 atom stereocenters. The highest BCUT2D eigenvalue weighted by atomic mass is 16.5. The minimum Gasteiger partial charge on any atom is -0.372 e. The van der Waals surface area contributed by atoms with Gasteiger partial charge in [-0.3, -0.25) is 24.8 Å². The number of amides is 1. The van der Waals surface area contributed by atoms with Crippen molar-refractivity contribution in [2.75, 3.05) is 26.2 Å². The van der Waals surface area contributed by atoms with Gasteiger partial charge >= 0.3 is 0 Å². The summed E-state index contributed by atoms with van der Waals surface area (Å²) in [6, 6.07) is 3.25. The average Bonchev–Trinajstić information content (AvgIpc) is 3.49. The molecule has 26 heavy (non-hydrogen) atoms. The van der Waals surface area contributed by atoms with Crippen LogP contribution >= 0.6 is 0 Å². The van der Waals surface area contributed by atoms with Crippen LogP contribution in [0.2, 0.25) is 0 Å². The van der Waals surface area contributed by atoms with Crippen molar-refractivity contribution in [2.45, 2.75) is 56.3 Å². The molecule has 1 saturated carbocycles. The molecule has 1 amide bonds. The molecule has 4 heterocycles. The molecule has 1 aromatic rings. The largest absolute Gasteiger partial charge is 0.372 e. The van der Waals surface area contributed by atoms with Gasteiger partial charge in [-0.25, -0.2) is 5.48 Å². The first-order valence-electron chi connectivity index (χ1n) is 9.70. The Morgan fingerprint density at radius 2 is 2.12 bits per heavy atom. The van der Waals surface area contributed by atoms with Crippen LogP contribution in [0.3, 0.4) is 0 Å². The first-order valence-corrected chi connectivity index (χ1v) is 9.70. The fourth-order valence-corrected chi connectivity index (χ4v) is 4.86. The van der Waals surface area contributed by atoms with Crippen LogP contribution in [-0.2, 0) is 17.7 Å². The summed E-state index contributed by atoms with van der Waals surface area (Å²) >= 11 is 0. The Labute approximate surface area is 153 Å². The number of ether oxygens (including phenoxy) is 1. The van der Waals surface area contributed by atoms with E-state index in [0.717, 1.165) is 69.3 Å². The third-order valence-corrected chi connectivity index (χ3v) is 6.47. The molecule has 0 aromatic carbocycles. The average molecular weight is 358 g/mol. The molecule has 3 aliphatic heterocycles. The third kappa shape index (κ3) is 2.93. The Bertz CT molecular complexity index is 715. The molecule has 140 valence electrons. The van der Waals surface area contributed by atoms with Gasteiger partial charge in [0.1, 0.15) is 0 Å². The van der Waals surface area contributed by atoms with E-state index >= 15 is 0 Å². The molecule has 1 aromatic heterocycles. The molecule has 1 aliphatic carbocycles. The van der Waals surface area contributed by atoms with E-state index in [2.05, 4.69) is 14.8 Å². The molecule has 0 unspecified atom stereocenters. The Balaban J connectivity index is 1.25. The minimum atomic E-state index is -0.501. The number of rotatable bonds is 3. The van der Waals surface area contributed by atoms with Crippen molar-refractivity contribution >= 4 is 5.91 Å². The topological polar surface area (TPSA) is 77.9 Å². The van der Waals surface area contributed by atoms with E-state index in [1.54, 1.807) is 11.7 Å². The number of likely N-dealkylation sites (tertiary alicyclic amines) is 1. The van der Waals surface area contributed by atoms with Crippen LogP contribution in [0.25, 0.3) is 0 Å². The van der Waals surface area contributed by atoms with Gasteiger partial charge < -0.3 is 4.74 Å². The molecular formula is C19H26N4O3. The summed E-state index contributed by atoms with van der Waals surface area (Å²) in [5, 5.41) is 8.79. The fraction of sp³-hybridized carbons (Fsp3) is 0.684. The second-order valence-electron chi connectivity index (χ2n) is 8.31. The van der Waals surface area contributed by atoms with Crippen molar-refractivity contribution in [2.24, 2.45) is 0 Å². The highest BCUT2D eigenvalue weighted by molar-refractivity contribution is 5.93. The maximum absolute atomic E-state index is 11.6. The smallest absolute Gasteiger partial charge is 0.276 e. The van der Waals surface area contributed by atoms with Crippen LogP contribution in [0.4, 0.5) is 0 Å². The molecule has 7 nitrogen and oxygen atoms in total.